The fourth-order valence-corrected chi connectivity index (χ4v) is 3.30. The van der Waals surface area contributed by atoms with Crippen LogP contribution in [0.5, 0.6) is 0 Å². The van der Waals surface area contributed by atoms with Gasteiger partial charge in [-0.15, -0.1) is 0 Å². The molecule has 0 bridgehead atoms. The molecule has 1 aromatic carbocycles. The Morgan fingerprint density at radius 2 is 1.95 bits per heavy atom. The number of hydrogen-bond acceptors (Lipinski definition) is 2. The van der Waals surface area contributed by atoms with Crippen LogP contribution in [0.25, 0.3) is 0 Å². The molecule has 2 aliphatic rings. The number of nitrogens with one attached hydrogen (secondary N) is 1. The van der Waals surface area contributed by atoms with Crippen molar-refractivity contribution in [2.75, 3.05) is 19.6 Å². The van der Waals surface area contributed by atoms with E-state index in [0.717, 1.165) is 38.8 Å². The second-order valence-corrected chi connectivity index (χ2v) is 6.51. The third-order valence-corrected chi connectivity index (χ3v) is 4.89. The zero-order valence-corrected chi connectivity index (χ0v) is 12.8. The van der Waals surface area contributed by atoms with Crippen LogP contribution in [0.2, 0.25) is 0 Å². The molecule has 3 nitrogen and oxygen atoms in total. The molecule has 1 N–H and O–H groups in total. The zero-order valence-electron chi connectivity index (χ0n) is 12.8. The summed E-state index contributed by atoms with van der Waals surface area (Å²) >= 11 is 0. The van der Waals surface area contributed by atoms with Gasteiger partial charge in [-0.1, -0.05) is 36.8 Å². The third kappa shape index (κ3) is 4.07. The second-order valence-electron chi connectivity index (χ2n) is 6.51. The number of piperidine rings is 1. The van der Waals surface area contributed by atoms with Crippen LogP contribution in [0.1, 0.15) is 37.7 Å². The largest absolute Gasteiger partial charge is 0.352 e. The predicted molar refractivity (Wildman–Crippen MR) is 85.1 cm³/mol. The maximum absolute atomic E-state index is 12.0. The number of hydrogen-bond donors (Lipinski definition) is 1. The fraction of sp³-hybridized carbons (Fsp3) is 0.611. The van der Waals surface area contributed by atoms with E-state index in [4.69, 9.17) is 0 Å². The van der Waals surface area contributed by atoms with Gasteiger partial charge in [0.15, 0.2) is 0 Å². The topological polar surface area (TPSA) is 32.3 Å². The molecule has 3 rings (SSSR count). The number of carbonyl (C=O) groups excluding carboxylic acids is 1. The first-order chi connectivity index (χ1) is 10.3. The summed E-state index contributed by atoms with van der Waals surface area (Å²) in [6.45, 7) is 3.29. The first kappa shape index (κ1) is 14.6. The van der Waals surface area contributed by atoms with Crippen molar-refractivity contribution in [2.45, 2.75) is 44.6 Å². The fourth-order valence-electron chi connectivity index (χ4n) is 3.30. The summed E-state index contributed by atoms with van der Waals surface area (Å²) in [5.41, 5.74) is 1.40. The smallest absolute Gasteiger partial charge is 0.223 e. The molecule has 1 amide bonds. The molecule has 1 saturated carbocycles. The first-order valence-electron chi connectivity index (χ1n) is 8.38. The van der Waals surface area contributed by atoms with Gasteiger partial charge in [0.2, 0.25) is 5.91 Å². The number of amides is 1. The highest BCUT2D eigenvalue weighted by Crippen LogP contribution is 2.26. The van der Waals surface area contributed by atoms with E-state index in [-0.39, 0.29) is 0 Å². The van der Waals surface area contributed by atoms with E-state index >= 15 is 0 Å². The number of carbonyl (C=O) groups is 1. The molecular formula is C18H26N2O. The molecule has 1 atom stereocenters. The second kappa shape index (κ2) is 7.08. The number of rotatable bonds is 5. The van der Waals surface area contributed by atoms with Crippen LogP contribution in [-0.2, 0) is 11.2 Å². The number of nitrogens with zero attached hydrogens (tertiary/aromatic N) is 1. The Hall–Kier alpha value is -1.35. The normalized spacial score (nSPS) is 23.5. The lowest BCUT2D eigenvalue weighted by Gasteiger charge is -2.35. The van der Waals surface area contributed by atoms with Crippen LogP contribution in [0.4, 0.5) is 0 Å². The third-order valence-electron chi connectivity index (χ3n) is 4.89. The Morgan fingerprint density at radius 1 is 1.14 bits per heavy atom. The van der Waals surface area contributed by atoms with Gasteiger partial charge in [0, 0.05) is 25.0 Å². The molecule has 0 radical (unpaired) electrons. The van der Waals surface area contributed by atoms with Gasteiger partial charge in [0.25, 0.3) is 0 Å². The van der Waals surface area contributed by atoms with Crippen molar-refractivity contribution in [1.29, 1.82) is 0 Å². The van der Waals surface area contributed by atoms with E-state index in [2.05, 4.69) is 40.5 Å². The van der Waals surface area contributed by atoms with Crippen molar-refractivity contribution in [3.63, 3.8) is 0 Å². The monoisotopic (exact) mass is 286 g/mol. The van der Waals surface area contributed by atoms with Crippen molar-refractivity contribution in [2.24, 2.45) is 5.92 Å². The molecule has 1 aliphatic carbocycles. The molecule has 2 fully saturated rings. The van der Waals surface area contributed by atoms with Crippen molar-refractivity contribution >= 4 is 5.91 Å². The molecule has 114 valence electrons. The quantitative estimate of drug-likeness (QED) is 0.902. The predicted octanol–water partition coefficient (Wildman–Crippen LogP) is 2.61. The Morgan fingerprint density at radius 3 is 2.67 bits per heavy atom. The minimum atomic E-state index is 0.302. The molecule has 3 heteroatoms. The van der Waals surface area contributed by atoms with E-state index in [1.165, 1.54) is 24.9 Å². The van der Waals surface area contributed by atoms with E-state index in [9.17, 15) is 4.79 Å². The van der Waals surface area contributed by atoms with E-state index < -0.39 is 0 Å². The molecule has 0 aromatic heterocycles. The van der Waals surface area contributed by atoms with Gasteiger partial charge in [-0.05, 0) is 44.2 Å². The number of likely N-dealkylation sites (tertiary alicyclic amines) is 1. The van der Waals surface area contributed by atoms with Crippen LogP contribution in [0.15, 0.2) is 30.3 Å². The van der Waals surface area contributed by atoms with Gasteiger partial charge >= 0.3 is 0 Å². The molecule has 0 spiro atoms. The standard InChI is InChI=1S/C18H26N2O/c21-18(16-8-4-9-16)19-17-10-5-12-20(14-17)13-11-15-6-2-1-3-7-15/h1-3,6-7,16-17H,4-5,8-14H2,(H,19,21). The summed E-state index contributed by atoms with van der Waals surface area (Å²) in [7, 11) is 0. The lowest BCUT2D eigenvalue weighted by molar-refractivity contribution is -0.128. The highest BCUT2D eigenvalue weighted by atomic mass is 16.2. The Labute approximate surface area is 127 Å². The van der Waals surface area contributed by atoms with Crippen LogP contribution in [0.3, 0.4) is 0 Å². The van der Waals surface area contributed by atoms with Crippen LogP contribution in [-0.4, -0.2) is 36.5 Å². The summed E-state index contributed by atoms with van der Waals surface area (Å²) in [4.78, 5) is 14.6. The van der Waals surface area contributed by atoms with Crippen LogP contribution in [0, 0.1) is 5.92 Å². The molecule has 1 unspecified atom stereocenters. The van der Waals surface area contributed by atoms with E-state index in [0.29, 0.717) is 17.9 Å². The van der Waals surface area contributed by atoms with Gasteiger partial charge in [-0.3, -0.25) is 4.79 Å². The summed E-state index contributed by atoms with van der Waals surface area (Å²) in [6, 6.07) is 11.0. The first-order valence-corrected chi connectivity index (χ1v) is 8.38. The van der Waals surface area contributed by atoms with E-state index in [1.807, 2.05) is 0 Å². The van der Waals surface area contributed by atoms with Crippen molar-refractivity contribution in [3.8, 4) is 0 Å². The number of benzene rings is 1. The van der Waals surface area contributed by atoms with Gasteiger partial charge in [0.05, 0.1) is 0 Å². The summed E-state index contributed by atoms with van der Waals surface area (Å²) < 4.78 is 0. The van der Waals surface area contributed by atoms with Crippen LogP contribution >= 0.6 is 0 Å². The van der Waals surface area contributed by atoms with Crippen molar-refractivity contribution in [1.82, 2.24) is 10.2 Å². The average Bonchev–Trinajstić information content (AvgIpc) is 2.45. The summed E-state index contributed by atoms with van der Waals surface area (Å²) in [5, 5.41) is 3.27. The van der Waals surface area contributed by atoms with Gasteiger partial charge < -0.3 is 10.2 Å². The lowest BCUT2D eigenvalue weighted by atomic mass is 9.84. The highest BCUT2D eigenvalue weighted by Gasteiger charge is 2.28. The van der Waals surface area contributed by atoms with Crippen LogP contribution < -0.4 is 5.32 Å². The maximum Gasteiger partial charge on any atom is 0.223 e. The van der Waals surface area contributed by atoms with Gasteiger partial charge in [0.1, 0.15) is 0 Å². The highest BCUT2D eigenvalue weighted by molar-refractivity contribution is 5.79. The molecule has 1 heterocycles. The zero-order chi connectivity index (χ0) is 14.5. The van der Waals surface area contributed by atoms with Crippen molar-refractivity contribution < 1.29 is 4.79 Å². The van der Waals surface area contributed by atoms with E-state index in [1.54, 1.807) is 0 Å². The average molecular weight is 286 g/mol. The molecular weight excluding hydrogens is 260 g/mol. The molecule has 1 aromatic rings. The maximum atomic E-state index is 12.0. The minimum absolute atomic E-state index is 0.302. The Balaban J connectivity index is 1.43. The minimum Gasteiger partial charge on any atom is -0.352 e. The molecule has 21 heavy (non-hydrogen) atoms. The summed E-state index contributed by atoms with van der Waals surface area (Å²) in [6.07, 6.45) is 6.85. The lowest BCUT2D eigenvalue weighted by Crippen LogP contribution is -2.50. The Bertz CT molecular complexity index is 456. The van der Waals surface area contributed by atoms with Crippen molar-refractivity contribution in [3.05, 3.63) is 35.9 Å². The molecule has 1 aliphatic heterocycles. The summed E-state index contributed by atoms with van der Waals surface area (Å²) in [5.74, 6) is 0.612. The Kier molecular flexibility index (Phi) is 4.91. The molecule has 1 saturated heterocycles. The SMILES string of the molecule is O=C(NC1CCCN(CCc2ccccc2)C1)C1CCC1. The van der Waals surface area contributed by atoms with Gasteiger partial charge in [-0.25, -0.2) is 0 Å². The van der Waals surface area contributed by atoms with Gasteiger partial charge in [-0.2, -0.15) is 0 Å².